The van der Waals surface area contributed by atoms with Crippen molar-refractivity contribution in [2.45, 2.75) is 51.8 Å². The molecule has 6 rings (SSSR count). The quantitative estimate of drug-likeness (QED) is 0.213. The Morgan fingerprint density at radius 1 is 1.07 bits per heavy atom. The number of aryl methyl sites for hydroxylation is 1. The molecule has 0 bridgehead atoms. The first-order valence-corrected chi connectivity index (χ1v) is 14.5. The molecule has 1 aliphatic rings. The van der Waals surface area contributed by atoms with E-state index < -0.39 is 11.4 Å². The zero-order valence-corrected chi connectivity index (χ0v) is 24.4. The molecule has 1 aliphatic carbocycles. The number of aromatic nitrogens is 3. The second-order valence-electron chi connectivity index (χ2n) is 11.5. The monoisotopic (exact) mass is 579 g/mol. The molecule has 1 fully saturated rings. The van der Waals surface area contributed by atoms with Crippen LogP contribution in [-0.2, 0) is 20.2 Å². The number of aliphatic hydroxyl groups is 1. The van der Waals surface area contributed by atoms with Crippen LogP contribution in [-0.4, -0.2) is 25.3 Å². The zero-order valence-electron chi connectivity index (χ0n) is 24.4. The van der Waals surface area contributed by atoms with Crippen LogP contribution in [0.3, 0.4) is 0 Å². The highest BCUT2D eigenvalue weighted by molar-refractivity contribution is 5.84. The fourth-order valence-electron chi connectivity index (χ4n) is 5.44. The molecule has 3 N–H and O–H groups in total. The Labute approximate surface area is 248 Å². The maximum atomic E-state index is 15.2. The molecule has 0 atom stereocenters. The van der Waals surface area contributed by atoms with Crippen LogP contribution >= 0.6 is 0 Å². The molecule has 1 saturated carbocycles. The zero-order chi connectivity index (χ0) is 30.2. The molecular weight excluding hydrogens is 545 g/mol. The first kappa shape index (κ1) is 28.5. The van der Waals surface area contributed by atoms with E-state index in [1.54, 1.807) is 49.9 Å². The first-order valence-electron chi connectivity index (χ1n) is 14.5. The van der Waals surface area contributed by atoms with E-state index in [1.165, 1.54) is 15.2 Å². The molecule has 0 aliphatic heterocycles. The van der Waals surface area contributed by atoms with Crippen LogP contribution in [0.1, 0.15) is 49.3 Å². The van der Waals surface area contributed by atoms with Crippen molar-refractivity contribution in [3.63, 3.8) is 0 Å². The van der Waals surface area contributed by atoms with Gasteiger partial charge in [0.1, 0.15) is 17.3 Å². The number of rotatable bonds is 9. The summed E-state index contributed by atoms with van der Waals surface area (Å²) in [4.78, 5) is 31.1. The average Bonchev–Trinajstić information content (AvgIpc) is 3.84. The van der Waals surface area contributed by atoms with E-state index in [9.17, 15) is 14.7 Å². The van der Waals surface area contributed by atoms with Gasteiger partial charge in [-0.05, 0) is 71.2 Å². The molecule has 43 heavy (non-hydrogen) atoms. The summed E-state index contributed by atoms with van der Waals surface area (Å²) >= 11 is 0. The molecule has 0 spiro atoms. The van der Waals surface area contributed by atoms with Crippen molar-refractivity contribution in [3.8, 4) is 16.8 Å². The highest BCUT2D eigenvalue weighted by Gasteiger charge is 2.25. The van der Waals surface area contributed by atoms with Gasteiger partial charge in [0.25, 0.3) is 11.1 Å². The molecular formula is C34H34FN5O3. The lowest BCUT2D eigenvalue weighted by Crippen LogP contribution is -2.22. The lowest BCUT2D eigenvalue weighted by Gasteiger charge is -2.17. The van der Waals surface area contributed by atoms with Crippen molar-refractivity contribution in [3.05, 3.63) is 116 Å². The number of fused-ring (bicyclic) bond motifs is 1. The molecule has 0 amide bonds. The van der Waals surface area contributed by atoms with Crippen molar-refractivity contribution in [1.82, 2.24) is 19.4 Å². The van der Waals surface area contributed by atoms with Gasteiger partial charge in [-0.15, -0.1) is 0 Å². The number of nitrogens with one attached hydrogen (secondary N) is 2. The number of hydrogen-bond donors (Lipinski definition) is 3. The van der Waals surface area contributed by atoms with E-state index >= 15 is 4.39 Å². The van der Waals surface area contributed by atoms with Gasteiger partial charge in [-0.3, -0.25) is 14.2 Å². The molecule has 0 radical (unpaired) electrons. The number of pyridine rings is 3. The van der Waals surface area contributed by atoms with Crippen LogP contribution in [0.2, 0.25) is 0 Å². The van der Waals surface area contributed by atoms with Crippen LogP contribution in [0, 0.1) is 5.82 Å². The lowest BCUT2D eigenvalue weighted by molar-refractivity contribution is 0.282. The number of aliphatic hydroxyl groups excluding tert-OH is 1. The van der Waals surface area contributed by atoms with Crippen molar-refractivity contribution in [2.24, 2.45) is 7.05 Å². The van der Waals surface area contributed by atoms with Crippen LogP contribution in [0.5, 0.6) is 0 Å². The van der Waals surface area contributed by atoms with Crippen molar-refractivity contribution < 1.29 is 9.50 Å². The summed E-state index contributed by atoms with van der Waals surface area (Å²) in [6.45, 7) is 4.47. The van der Waals surface area contributed by atoms with E-state index in [0.29, 0.717) is 57.8 Å². The summed E-state index contributed by atoms with van der Waals surface area (Å²) in [6.07, 6.45) is 7.14. The Morgan fingerprint density at radius 3 is 2.58 bits per heavy atom. The Kier molecular flexibility index (Phi) is 7.68. The van der Waals surface area contributed by atoms with Crippen LogP contribution < -0.4 is 21.8 Å². The van der Waals surface area contributed by atoms with Gasteiger partial charge < -0.3 is 20.3 Å². The molecule has 3 heterocycles. The predicted molar refractivity (Wildman–Crippen MR) is 168 cm³/mol. The van der Waals surface area contributed by atoms with E-state index in [-0.39, 0.29) is 17.6 Å². The molecule has 220 valence electrons. The Bertz CT molecular complexity index is 1940. The molecule has 5 aromatic rings. The maximum Gasteiger partial charge on any atom is 0.274 e. The van der Waals surface area contributed by atoms with E-state index in [2.05, 4.69) is 29.5 Å². The number of anilines is 2. The molecule has 0 saturated heterocycles. The SMILES string of the molecule is CC(C)NCc1ccc(Nc2cc(-c3cccc(-n4ccc5cc(C6CC6)cc(F)c5c4=O)c3CO)cn(C)c2=O)nc1. The lowest BCUT2D eigenvalue weighted by atomic mass is 9.98. The molecule has 9 heteroatoms. The fraction of sp³-hybridized carbons (Fsp3) is 0.265. The number of hydrogen-bond acceptors (Lipinski definition) is 6. The summed E-state index contributed by atoms with van der Waals surface area (Å²) in [6, 6.07) is 16.3. The second-order valence-corrected chi connectivity index (χ2v) is 11.5. The minimum atomic E-state index is -0.535. The standard InChI is InChI=1S/C34H34FN5O3/c1-20(2)36-16-21-7-10-31(37-17-21)38-29-15-25(18-39(3)33(29)42)26-5-4-6-30(27(26)19-41)40-12-11-23-13-24(22-8-9-22)14-28(35)32(23)34(40)43/h4-7,10-15,17-18,20,22,36,41H,8-9,16,19H2,1-3H3,(H,37,38). The summed E-state index contributed by atoms with van der Waals surface area (Å²) < 4.78 is 18.0. The third kappa shape index (κ3) is 5.74. The van der Waals surface area contributed by atoms with Crippen molar-refractivity contribution in [1.29, 1.82) is 0 Å². The smallest absolute Gasteiger partial charge is 0.274 e. The summed E-state index contributed by atoms with van der Waals surface area (Å²) in [5, 5.41) is 17.6. The Morgan fingerprint density at radius 2 is 1.88 bits per heavy atom. The Hall–Kier alpha value is -4.60. The number of nitrogens with zero attached hydrogens (tertiary/aromatic N) is 3. The van der Waals surface area contributed by atoms with Gasteiger partial charge >= 0.3 is 0 Å². The van der Waals surface area contributed by atoms with Gasteiger partial charge in [-0.2, -0.15) is 0 Å². The summed E-state index contributed by atoms with van der Waals surface area (Å²) in [7, 11) is 1.65. The van der Waals surface area contributed by atoms with Crippen molar-refractivity contribution >= 4 is 22.3 Å². The normalized spacial score (nSPS) is 13.2. The average molecular weight is 580 g/mol. The largest absolute Gasteiger partial charge is 0.392 e. The summed E-state index contributed by atoms with van der Waals surface area (Å²) in [5.41, 5.74) is 3.73. The van der Waals surface area contributed by atoms with Gasteiger partial charge in [0.05, 0.1) is 17.7 Å². The third-order valence-electron chi connectivity index (χ3n) is 7.89. The summed E-state index contributed by atoms with van der Waals surface area (Å²) in [5.74, 6) is 0.350. The van der Waals surface area contributed by atoms with Gasteiger partial charge in [0, 0.05) is 49.4 Å². The van der Waals surface area contributed by atoms with E-state index in [1.807, 2.05) is 24.3 Å². The van der Waals surface area contributed by atoms with Crippen molar-refractivity contribution in [2.75, 3.05) is 5.32 Å². The highest BCUT2D eigenvalue weighted by Crippen LogP contribution is 2.41. The van der Waals surface area contributed by atoms with Crippen LogP contribution in [0.25, 0.3) is 27.6 Å². The van der Waals surface area contributed by atoms with E-state index in [0.717, 1.165) is 24.0 Å². The van der Waals surface area contributed by atoms with Gasteiger partial charge in [-0.1, -0.05) is 38.1 Å². The minimum Gasteiger partial charge on any atom is -0.392 e. The number of benzene rings is 2. The fourth-order valence-corrected chi connectivity index (χ4v) is 5.44. The minimum absolute atomic E-state index is 0.0216. The van der Waals surface area contributed by atoms with Gasteiger partial charge in [0.2, 0.25) is 0 Å². The topological polar surface area (TPSA) is 101 Å². The molecule has 2 aromatic carbocycles. The van der Waals surface area contributed by atoms with Crippen LogP contribution in [0.4, 0.5) is 15.9 Å². The van der Waals surface area contributed by atoms with E-state index in [4.69, 9.17) is 0 Å². The number of halogens is 1. The Balaban J connectivity index is 1.38. The molecule has 0 unspecified atom stereocenters. The first-order chi connectivity index (χ1) is 20.7. The highest BCUT2D eigenvalue weighted by atomic mass is 19.1. The molecule has 3 aromatic heterocycles. The maximum absolute atomic E-state index is 15.2. The van der Waals surface area contributed by atoms with Gasteiger partial charge in [0.15, 0.2) is 0 Å². The molecule has 8 nitrogen and oxygen atoms in total. The third-order valence-corrected chi connectivity index (χ3v) is 7.89. The van der Waals surface area contributed by atoms with Crippen LogP contribution in [0.15, 0.2) is 82.8 Å². The van der Waals surface area contributed by atoms with Gasteiger partial charge in [-0.25, -0.2) is 9.37 Å². The predicted octanol–water partition coefficient (Wildman–Crippen LogP) is 5.50. The second kappa shape index (κ2) is 11.6.